The molecule has 1 unspecified atom stereocenters. The molecule has 1 heterocycles. The highest BCUT2D eigenvalue weighted by molar-refractivity contribution is 6.07. The number of carbonyl (C=O) groups excluding carboxylic acids is 3. The number of esters is 2. The highest BCUT2D eigenvalue weighted by Crippen LogP contribution is 2.35. The number of Topliss-reactive ketones (excluding diaryl/α,β-unsaturated/α-hetero) is 1. The number of carbonyl (C=O) groups is 3. The van der Waals surface area contributed by atoms with Crippen LogP contribution in [0.25, 0.3) is 10.9 Å². The van der Waals surface area contributed by atoms with E-state index in [4.69, 9.17) is 14.2 Å². The monoisotopic (exact) mass is 613 g/mol. The number of rotatable bonds is 12. The fourth-order valence-corrected chi connectivity index (χ4v) is 4.77. The second-order valence-electron chi connectivity index (χ2n) is 12.3. The van der Waals surface area contributed by atoms with Gasteiger partial charge in [-0.3, -0.25) is 19.2 Å². The van der Waals surface area contributed by atoms with Crippen LogP contribution in [0, 0.1) is 12.3 Å². The van der Waals surface area contributed by atoms with Gasteiger partial charge in [0.1, 0.15) is 23.5 Å². The van der Waals surface area contributed by atoms with E-state index in [9.17, 15) is 19.2 Å². The predicted octanol–water partition coefficient (Wildman–Crippen LogP) is 5.62. The molecule has 10 nitrogen and oxygen atoms in total. The van der Waals surface area contributed by atoms with Crippen molar-refractivity contribution in [3.63, 3.8) is 0 Å². The Labute approximate surface area is 262 Å². The molecule has 4 aromatic rings. The van der Waals surface area contributed by atoms with E-state index in [0.29, 0.717) is 23.3 Å². The Balaban J connectivity index is 1.64. The van der Waals surface area contributed by atoms with Crippen molar-refractivity contribution in [2.24, 2.45) is 5.41 Å². The van der Waals surface area contributed by atoms with Crippen molar-refractivity contribution in [3.8, 4) is 5.75 Å². The Morgan fingerprint density at radius 2 is 1.62 bits per heavy atom. The lowest BCUT2D eigenvalue weighted by atomic mass is 9.78. The quantitative estimate of drug-likeness (QED) is 0.114. The highest BCUT2D eigenvalue weighted by atomic mass is 16.6. The first-order chi connectivity index (χ1) is 21.3. The molecular weight excluding hydrogens is 574 g/mol. The number of benzene rings is 3. The van der Waals surface area contributed by atoms with Crippen molar-refractivity contribution >= 4 is 28.6 Å². The van der Waals surface area contributed by atoms with E-state index in [0.717, 1.165) is 15.8 Å². The second-order valence-corrected chi connectivity index (χ2v) is 12.3. The molecule has 3 aromatic carbocycles. The van der Waals surface area contributed by atoms with Crippen molar-refractivity contribution in [1.82, 2.24) is 15.0 Å². The van der Waals surface area contributed by atoms with Gasteiger partial charge in [0.2, 0.25) is 0 Å². The van der Waals surface area contributed by atoms with Crippen LogP contribution in [0.3, 0.4) is 0 Å². The molecule has 45 heavy (non-hydrogen) atoms. The molecule has 0 aliphatic heterocycles. The standard InChI is InChI=1S/C35H39N3O7/c1-23(2)44-32(41)35(33(42)45-34(4,5)6,18-19-38-31(40)28-12-7-8-13-29(28)36-37-38)21-30(39)26-14-16-27(17-15-26)43-22-25-11-9-10-24(3)20-25/h7-17,20,23H,18-19,21-22H2,1-6H3. The Morgan fingerprint density at radius 3 is 2.29 bits per heavy atom. The summed E-state index contributed by atoms with van der Waals surface area (Å²) in [7, 11) is 0. The third-order valence-electron chi connectivity index (χ3n) is 7.03. The summed E-state index contributed by atoms with van der Waals surface area (Å²) < 4.78 is 18.2. The summed E-state index contributed by atoms with van der Waals surface area (Å²) >= 11 is 0. The lowest BCUT2D eigenvalue weighted by molar-refractivity contribution is -0.182. The first kappa shape index (κ1) is 33.0. The largest absolute Gasteiger partial charge is 0.489 e. The van der Waals surface area contributed by atoms with Crippen LogP contribution in [0.4, 0.5) is 0 Å². The van der Waals surface area contributed by atoms with Crippen molar-refractivity contribution in [2.75, 3.05) is 0 Å². The molecule has 0 aliphatic carbocycles. The van der Waals surface area contributed by atoms with Gasteiger partial charge in [0.05, 0.1) is 11.5 Å². The van der Waals surface area contributed by atoms with E-state index in [1.165, 1.54) is 0 Å². The van der Waals surface area contributed by atoms with Gasteiger partial charge >= 0.3 is 11.9 Å². The van der Waals surface area contributed by atoms with Crippen LogP contribution in [0.15, 0.2) is 77.6 Å². The van der Waals surface area contributed by atoms with E-state index >= 15 is 0 Å². The topological polar surface area (TPSA) is 127 Å². The Morgan fingerprint density at radius 1 is 0.911 bits per heavy atom. The molecule has 0 amide bonds. The number of aryl methyl sites for hydroxylation is 2. The third kappa shape index (κ3) is 8.41. The van der Waals surface area contributed by atoms with Crippen molar-refractivity contribution in [3.05, 3.63) is 99.8 Å². The van der Waals surface area contributed by atoms with Gasteiger partial charge < -0.3 is 14.2 Å². The first-order valence-electron chi connectivity index (χ1n) is 14.9. The summed E-state index contributed by atoms with van der Waals surface area (Å²) in [6, 6.07) is 21.2. The summed E-state index contributed by atoms with van der Waals surface area (Å²) in [5, 5.41) is 8.44. The molecule has 0 radical (unpaired) electrons. The van der Waals surface area contributed by atoms with E-state index in [1.807, 2.05) is 31.2 Å². The van der Waals surface area contributed by atoms with E-state index < -0.39 is 46.8 Å². The molecule has 0 saturated heterocycles. The molecule has 0 saturated carbocycles. The summed E-state index contributed by atoms with van der Waals surface area (Å²) in [4.78, 5) is 54.6. The van der Waals surface area contributed by atoms with Crippen LogP contribution in [-0.2, 0) is 32.2 Å². The molecule has 0 spiro atoms. The molecule has 0 fully saturated rings. The van der Waals surface area contributed by atoms with Gasteiger partial charge in [-0.1, -0.05) is 47.2 Å². The maximum atomic E-state index is 13.9. The third-order valence-corrected chi connectivity index (χ3v) is 7.03. The lowest BCUT2D eigenvalue weighted by Crippen LogP contribution is -2.48. The zero-order valence-corrected chi connectivity index (χ0v) is 26.5. The molecule has 1 atom stereocenters. The van der Waals surface area contributed by atoms with Gasteiger partial charge in [-0.15, -0.1) is 5.10 Å². The van der Waals surface area contributed by atoms with Gasteiger partial charge in [0.25, 0.3) is 5.56 Å². The minimum atomic E-state index is -2.07. The van der Waals surface area contributed by atoms with Gasteiger partial charge in [-0.2, -0.15) is 0 Å². The number of hydrogen-bond donors (Lipinski definition) is 0. The van der Waals surface area contributed by atoms with Crippen LogP contribution < -0.4 is 10.3 Å². The van der Waals surface area contributed by atoms with Crippen molar-refractivity contribution in [2.45, 2.75) is 79.2 Å². The summed E-state index contributed by atoms with van der Waals surface area (Å²) in [5.74, 6) is -1.77. The zero-order valence-electron chi connectivity index (χ0n) is 26.5. The summed E-state index contributed by atoms with van der Waals surface area (Å²) in [6.07, 6.45) is -1.42. The minimum Gasteiger partial charge on any atom is -0.489 e. The summed E-state index contributed by atoms with van der Waals surface area (Å²) in [5.41, 5.74) is -0.663. The average molecular weight is 614 g/mol. The van der Waals surface area contributed by atoms with Crippen LogP contribution in [-0.4, -0.2) is 44.4 Å². The minimum absolute atomic E-state index is 0.192. The van der Waals surface area contributed by atoms with Gasteiger partial charge in [0.15, 0.2) is 11.2 Å². The highest BCUT2D eigenvalue weighted by Gasteiger charge is 2.52. The Bertz CT molecular complexity index is 1740. The summed E-state index contributed by atoms with van der Waals surface area (Å²) in [6.45, 7) is 10.5. The van der Waals surface area contributed by atoms with Crippen LogP contribution in [0.2, 0.25) is 0 Å². The predicted molar refractivity (Wildman–Crippen MR) is 169 cm³/mol. The van der Waals surface area contributed by atoms with Gasteiger partial charge in [-0.25, -0.2) is 4.68 Å². The van der Waals surface area contributed by atoms with Crippen LogP contribution in [0.1, 0.15) is 68.9 Å². The number of fused-ring (bicyclic) bond motifs is 1. The molecule has 0 N–H and O–H groups in total. The zero-order chi connectivity index (χ0) is 32.8. The second kappa shape index (κ2) is 13.8. The normalized spacial score (nSPS) is 12.9. The van der Waals surface area contributed by atoms with Gasteiger partial charge in [-0.05, 0) is 89.9 Å². The first-order valence-corrected chi connectivity index (χ1v) is 14.9. The molecular formula is C35H39N3O7. The molecule has 0 aliphatic rings. The smallest absolute Gasteiger partial charge is 0.324 e. The van der Waals surface area contributed by atoms with Crippen molar-refractivity contribution in [1.29, 1.82) is 0 Å². The molecule has 1 aromatic heterocycles. The van der Waals surface area contributed by atoms with E-state index in [2.05, 4.69) is 10.3 Å². The fourth-order valence-electron chi connectivity index (χ4n) is 4.77. The molecule has 10 heteroatoms. The number of nitrogens with zero attached hydrogens (tertiary/aromatic N) is 3. The number of hydrogen-bond acceptors (Lipinski definition) is 9. The molecule has 4 rings (SSSR count). The Kier molecular flexibility index (Phi) is 10.2. The average Bonchev–Trinajstić information content (AvgIpc) is 2.98. The maximum absolute atomic E-state index is 13.9. The number of ketones is 1. The fraction of sp³-hybridized carbons (Fsp3) is 0.371. The maximum Gasteiger partial charge on any atom is 0.324 e. The number of ether oxygens (including phenoxy) is 3. The lowest BCUT2D eigenvalue weighted by Gasteiger charge is -2.33. The Hall–Kier alpha value is -4.86. The van der Waals surface area contributed by atoms with E-state index in [1.54, 1.807) is 83.1 Å². The van der Waals surface area contributed by atoms with E-state index in [-0.39, 0.29) is 18.5 Å². The molecule has 236 valence electrons. The molecule has 0 bridgehead atoms. The number of aromatic nitrogens is 3. The van der Waals surface area contributed by atoms with Crippen molar-refractivity contribution < 1.29 is 28.6 Å². The SMILES string of the molecule is Cc1cccc(COc2ccc(C(=O)CC(CCn3nnc4ccccc4c3=O)(C(=O)OC(C)C)C(=O)OC(C)(C)C)cc2)c1. The van der Waals surface area contributed by atoms with Crippen LogP contribution >= 0.6 is 0 Å². The van der Waals surface area contributed by atoms with Crippen LogP contribution in [0.5, 0.6) is 5.75 Å². The van der Waals surface area contributed by atoms with Gasteiger partial charge in [0, 0.05) is 18.5 Å².